The summed E-state index contributed by atoms with van der Waals surface area (Å²) >= 11 is 5.86. The highest BCUT2D eigenvalue weighted by molar-refractivity contribution is 6.30. The van der Waals surface area contributed by atoms with E-state index < -0.39 is 5.97 Å². The van der Waals surface area contributed by atoms with Crippen molar-refractivity contribution >= 4 is 17.6 Å². The topological polar surface area (TPSA) is 68.5 Å². The maximum atomic E-state index is 11.9. The fourth-order valence-electron chi connectivity index (χ4n) is 1.88. The smallest absolute Gasteiger partial charge is 0.349 e. The minimum Gasteiger partial charge on any atom is -0.493 e. The quantitative estimate of drug-likeness (QED) is 0.619. The van der Waals surface area contributed by atoms with Gasteiger partial charge in [0.15, 0.2) is 18.1 Å². The molecule has 2 aromatic rings. The van der Waals surface area contributed by atoms with Gasteiger partial charge in [0.2, 0.25) is 0 Å². The predicted molar refractivity (Wildman–Crippen MR) is 85.0 cm³/mol. The highest BCUT2D eigenvalue weighted by atomic mass is 35.5. The summed E-state index contributed by atoms with van der Waals surface area (Å²) in [5, 5.41) is 9.44. The van der Waals surface area contributed by atoms with Crippen molar-refractivity contribution in [1.29, 1.82) is 5.26 Å². The van der Waals surface area contributed by atoms with Crippen LogP contribution in [0.2, 0.25) is 5.02 Å². The van der Waals surface area contributed by atoms with E-state index in [4.69, 9.17) is 31.1 Å². The molecule has 23 heavy (non-hydrogen) atoms. The molecule has 118 valence electrons. The minimum atomic E-state index is -0.581. The fourth-order valence-corrected chi connectivity index (χ4v) is 2.11. The van der Waals surface area contributed by atoms with E-state index in [1.807, 2.05) is 13.0 Å². The van der Waals surface area contributed by atoms with Crippen molar-refractivity contribution in [3.8, 4) is 23.3 Å². The van der Waals surface area contributed by atoms with Crippen LogP contribution in [-0.4, -0.2) is 19.7 Å². The minimum absolute atomic E-state index is 0.230. The number of ether oxygens (including phenoxy) is 3. The van der Waals surface area contributed by atoms with Gasteiger partial charge in [-0.15, -0.1) is 0 Å². The zero-order valence-electron chi connectivity index (χ0n) is 12.6. The molecule has 6 heteroatoms. The molecule has 0 saturated heterocycles. The van der Waals surface area contributed by atoms with Crippen molar-refractivity contribution in [1.82, 2.24) is 0 Å². The van der Waals surface area contributed by atoms with Gasteiger partial charge in [0, 0.05) is 11.1 Å². The monoisotopic (exact) mass is 331 g/mol. The molecule has 0 amide bonds. The maximum Gasteiger partial charge on any atom is 0.349 e. The number of carbonyl (C=O) groups excluding carboxylic acids is 1. The van der Waals surface area contributed by atoms with Crippen LogP contribution in [0.4, 0.5) is 0 Å². The molecule has 0 aromatic heterocycles. The van der Waals surface area contributed by atoms with E-state index in [0.29, 0.717) is 22.1 Å². The van der Waals surface area contributed by atoms with Gasteiger partial charge >= 0.3 is 5.97 Å². The van der Waals surface area contributed by atoms with Crippen LogP contribution >= 0.6 is 11.6 Å². The molecule has 2 rings (SSSR count). The Bertz CT molecular complexity index is 768. The SMILES string of the molecule is COc1cc(C#N)ccc1OC(=O)COc1ccc(Cl)cc1C. The molecule has 0 unspecified atom stereocenters. The lowest BCUT2D eigenvalue weighted by Gasteiger charge is -2.11. The molecule has 0 aliphatic heterocycles. The van der Waals surface area contributed by atoms with Crippen LogP contribution in [0.15, 0.2) is 36.4 Å². The lowest BCUT2D eigenvalue weighted by atomic mass is 10.2. The molecule has 2 aromatic carbocycles. The molecule has 0 saturated carbocycles. The van der Waals surface area contributed by atoms with Crippen molar-refractivity contribution in [2.75, 3.05) is 13.7 Å². The molecular formula is C17H14ClNO4. The molecule has 0 atom stereocenters. The van der Waals surface area contributed by atoms with Crippen molar-refractivity contribution in [2.45, 2.75) is 6.92 Å². The maximum absolute atomic E-state index is 11.9. The molecule has 5 nitrogen and oxygen atoms in total. The van der Waals surface area contributed by atoms with E-state index in [9.17, 15) is 4.79 Å². The Morgan fingerprint density at radius 3 is 2.57 bits per heavy atom. The molecule has 0 fully saturated rings. The van der Waals surface area contributed by atoms with E-state index in [1.165, 1.54) is 25.3 Å². The van der Waals surface area contributed by atoms with Crippen LogP contribution in [0.1, 0.15) is 11.1 Å². The molecule has 0 aliphatic rings. The van der Waals surface area contributed by atoms with E-state index in [2.05, 4.69) is 0 Å². The van der Waals surface area contributed by atoms with Crippen molar-refractivity contribution in [3.05, 3.63) is 52.5 Å². The van der Waals surface area contributed by atoms with Gasteiger partial charge in [0.05, 0.1) is 18.7 Å². The van der Waals surface area contributed by atoms with Gasteiger partial charge in [-0.3, -0.25) is 0 Å². The normalized spacial score (nSPS) is 9.83. The van der Waals surface area contributed by atoms with Crippen LogP contribution in [0.25, 0.3) is 0 Å². The summed E-state index contributed by atoms with van der Waals surface area (Å²) < 4.78 is 15.7. The van der Waals surface area contributed by atoms with Crippen LogP contribution in [0.3, 0.4) is 0 Å². The predicted octanol–water partition coefficient (Wildman–Crippen LogP) is 3.51. The van der Waals surface area contributed by atoms with Gasteiger partial charge < -0.3 is 14.2 Å². The van der Waals surface area contributed by atoms with Gasteiger partial charge in [-0.25, -0.2) is 4.79 Å². The standard InChI is InChI=1S/C17H14ClNO4/c1-11-7-13(18)4-6-14(11)22-10-17(20)23-15-5-3-12(9-19)8-16(15)21-2/h3-8H,10H2,1-2H3. The Balaban J connectivity index is 2.01. The zero-order valence-corrected chi connectivity index (χ0v) is 13.4. The molecule has 0 N–H and O–H groups in total. The molecular weight excluding hydrogens is 318 g/mol. The van der Waals surface area contributed by atoms with Gasteiger partial charge in [0.25, 0.3) is 0 Å². The number of aryl methyl sites for hydroxylation is 1. The first-order chi connectivity index (χ1) is 11.0. The molecule has 0 heterocycles. The fraction of sp³-hybridized carbons (Fsp3) is 0.176. The number of hydrogen-bond donors (Lipinski definition) is 0. The summed E-state index contributed by atoms with van der Waals surface area (Å²) in [6.07, 6.45) is 0. The number of methoxy groups -OCH3 is 1. The Kier molecular flexibility index (Phi) is 5.45. The van der Waals surface area contributed by atoms with E-state index in [1.54, 1.807) is 18.2 Å². The molecule has 0 spiro atoms. The summed E-state index contributed by atoms with van der Waals surface area (Å²) in [6, 6.07) is 11.6. The largest absolute Gasteiger partial charge is 0.493 e. The van der Waals surface area contributed by atoms with E-state index in [-0.39, 0.29) is 12.4 Å². The number of rotatable bonds is 5. The average Bonchev–Trinajstić information content (AvgIpc) is 2.54. The van der Waals surface area contributed by atoms with E-state index in [0.717, 1.165) is 5.56 Å². The molecule has 0 bridgehead atoms. The second-order valence-corrected chi connectivity index (χ2v) is 5.09. The lowest BCUT2D eigenvalue weighted by Crippen LogP contribution is -2.18. The number of nitrogens with zero attached hydrogens (tertiary/aromatic N) is 1. The van der Waals surface area contributed by atoms with Crippen molar-refractivity contribution in [3.63, 3.8) is 0 Å². The first-order valence-electron chi connectivity index (χ1n) is 6.71. The van der Waals surface area contributed by atoms with Crippen LogP contribution < -0.4 is 14.2 Å². The summed E-state index contributed by atoms with van der Waals surface area (Å²) in [5.41, 5.74) is 1.23. The molecule has 0 aliphatic carbocycles. The number of halogens is 1. The second kappa shape index (κ2) is 7.52. The number of benzene rings is 2. The highest BCUT2D eigenvalue weighted by Gasteiger charge is 2.12. The van der Waals surface area contributed by atoms with Crippen LogP contribution in [0, 0.1) is 18.3 Å². The third-order valence-electron chi connectivity index (χ3n) is 3.00. The molecule has 0 radical (unpaired) electrons. The number of carbonyl (C=O) groups is 1. The summed E-state index contributed by atoms with van der Waals surface area (Å²) in [4.78, 5) is 11.9. The number of hydrogen-bond acceptors (Lipinski definition) is 5. The van der Waals surface area contributed by atoms with Gasteiger partial charge in [0.1, 0.15) is 5.75 Å². The van der Waals surface area contributed by atoms with Crippen LogP contribution in [0.5, 0.6) is 17.2 Å². The third-order valence-corrected chi connectivity index (χ3v) is 3.23. The zero-order chi connectivity index (χ0) is 16.8. The Hall–Kier alpha value is -2.71. The van der Waals surface area contributed by atoms with Crippen LogP contribution in [-0.2, 0) is 4.79 Å². The first-order valence-corrected chi connectivity index (χ1v) is 7.09. The Morgan fingerprint density at radius 2 is 1.91 bits per heavy atom. The van der Waals surface area contributed by atoms with E-state index >= 15 is 0 Å². The third kappa shape index (κ3) is 4.38. The van der Waals surface area contributed by atoms with Gasteiger partial charge in [-0.1, -0.05) is 11.6 Å². The highest BCUT2D eigenvalue weighted by Crippen LogP contribution is 2.28. The van der Waals surface area contributed by atoms with Crippen molar-refractivity contribution in [2.24, 2.45) is 0 Å². The van der Waals surface area contributed by atoms with Crippen molar-refractivity contribution < 1.29 is 19.0 Å². The van der Waals surface area contributed by atoms with Gasteiger partial charge in [-0.2, -0.15) is 5.26 Å². The number of esters is 1. The summed E-state index contributed by atoms with van der Waals surface area (Å²) in [6.45, 7) is 1.57. The lowest BCUT2D eigenvalue weighted by molar-refractivity contribution is -0.136. The Labute approximate surface area is 139 Å². The summed E-state index contributed by atoms with van der Waals surface area (Å²) in [7, 11) is 1.43. The number of nitriles is 1. The first kappa shape index (κ1) is 16.7. The second-order valence-electron chi connectivity index (χ2n) is 4.65. The summed E-state index contributed by atoms with van der Waals surface area (Å²) in [5.74, 6) is 0.508. The Morgan fingerprint density at radius 1 is 1.17 bits per heavy atom. The average molecular weight is 332 g/mol. The van der Waals surface area contributed by atoms with Gasteiger partial charge in [-0.05, 0) is 42.8 Å².